The van der Waals surface area contributed by atoms with Crippen molar-refractivity contribution < 1.29 is 9.53 Å². The maximum Gasteiger partial charge on any atom is 0.274 e. The van der Waals surface area contributed by atoms with Crippen LogP contribution in [0.15, 0.2) is 36.4 Å². The van der Waals surface area contributed by atoms with E-state index in [1.807, 2.05) is 29.2 Å². The lowest BCUT2D eigenvalue weighted by Gasteiger charge is -2.36. The van der Waals surface area contributed by atoms with E-state index in [-0.39, 0.29) is 5.91 Å². The molecule has 8 nitrogen and oxygen atoms in total. The van der Waals surface area contributed by atoms with Crippen LogP contribution in [0, 0.1) is 0 Å². The van der Waals surface area contributed by atoms with E-state index >= 15 is 0 Å². The summed E-state index contributed by atoms with van der Waals surface area (Å²) in [5, 5.41) is 8.53. The van der Waals surface area contributed by atoms with Crippen LogP contribution in [-0.4, -0.2) is 92.4 Å². The molecule has 2 aliphatic heterocycles. The third-order valence-electron chi connectivity index (χ3n) is 5.69. The first-order valence-electron chi connectivity index (χ1n) is 10.1. The van der Waals surface area contributed by atoms with Crippen molar-refractivity contribution in [3.8, 4) is 5.75 Å². The van der Waals surface area contributed by atoms with Gasteiger partial charge in [-0.25, -0.2) is 0 Å². The highest BCUT2D eigenvalue weighted by molar-refractivity contribution is 5.92. The average Bonchev–Trinajstić information content (AvgIpc) is 2.79. The van der Waals surface area contributed by atoms with Gasteiger partial charge in [-0.1, -0.05) is 12.1 Å². The van der Waals surface area contributed by atoms with Crippen molar-refractivity contribution in [2.75, 3.05) is 76.3 Å². The summed E-state index contributed by atoms with van der Waals surface area (Å²) in [6.07, 6.45) is 0. The molecule has 2 fully saturated rings. The van der Waals surface area contributed by atoms with Crippen LogP contribution in [0.5, 0.6) is 5.75 Å². The van der Waals surface area contributed by atoms with Gasteiger partial charge in [0.2, 0.25) is 0 Å². The Morgan fingerprint density at radius 3 is 2.21 bits per heavy atom. The number of rotatable bonds is 4. The number of ether oxygens (including phenoxy) is 1. The fourth-order valence-electron chi connectivity index (χ4n) is 3.85. The van der Waals surface area contributed by atoms with E-state index in [0.29, 0.717) is 18.8 Å². The van der Waals surface area contributed by atoms with Gasteiger partial charge in [0, 0.05) is 52.4 Å². The Morgan fingerprint density at radius 2 is 1.55 bits per heavy atom. The lowest BCUT2D eigenvalue weighted by molar-refractivity contribution is 0.0739. The van der Waals surface area contributed by atoms with Gasteiger partial charge in [0.15, 0.2) is 11.5 Å². The molecule has 0 radical (unpaired) electrons. The van der Waals surface area contributed by atoms with Crippen molar-refractivity contribution >= 4 is 17.4 Å². The third-order valence-corrected chi connectivity index (χ3v) is 5.69. The number of anilines is 2. The molecular weight excluding hydrogens is 368 g/mol. The molecular formula is C21H28N6O2. The number of piperazine rings is 2. The minimum atomic E-state index is -0.0536. The van der Waals surface area contributed by atoms with Crippen LogP contribution in [0.3, 0.4) is 0 Å². The summed E-state index contributed by atoms with van der Waals surface area (Å²) in [6, 6.07) is 11.7. The molecule has 2 saturated heterocycles. The highest BCUT2D eigenvalue weighted by Crippen LogP contribution is 2.28. The third kappa shape index (κ3) is 4.27. The molecule has 3 heterocycles. The minimum absolute atomic E-state index is 0.0536. The number of para-hydroxylation sites is 2. The van der Waals surface area contributed by atoms with Gasteiger partial charge < -0.3 is 24.3 Å². The molecule has 0 saturated carbocycles. The number of hydrogen-bond acceptors (Lipinski definition) is 7. The van der Waals surface area contributed by atoms with Crippen LogP contribution in [0.4, 0.5) is 11.5 Å². The molecule has 2 aliphatic rings. The lowest BCUT2D eigenvalue weighted by Crippen LogP contribution is -2.49. The van der Waals surface area contributed by atoms with Crippen molar-refractivity contribution in [2.45, 2.75) is 0 Å². The predicted molar refractivity (Wildman–Crippen MR) is 113 cm³/mol. The smallest absolute Gasteiger partial charge is 0.274 e. The number of carbonyl (C=O) groups is 1. The second-order valence-electron chi connectivity index (χ2n) is 7.52. The molecule has 29 heavy (non-hydrogen) atoms. The van der Waals surface area contributed by atoms with Crippen molar-refractivity contribution in [2.24, 2.45) is 0 Å². The molecule has 0 N–H and O–H groups in total. The SMILES string of the molecule is COc1ccccc1N1CCN(C(=O)c2ccc(N3CCN(C)CC3)nn2)CC1. The molecule has 0 spiro atoms. The lowest BCUT2D eigenvalue weighted by atomic mass is 10.2. The molecule has 1 aromatic carbocycles. The van der Waals surface area contributed by atoms with E-state index < -0.39 is 0 Å². The average molecular weight is 396 g/mol. The zero-order valence-electron chi connectivity index (χ0n) is 17.1. The summed E-state index contributed by atoms with van der Waals surface area (Å²) in [6.45, 7) is 6.72. The summed E-state index contributed by atoms with van der Waals surface area (Å²) in [5.41, 5.74) is 1.48. The number of amides is 1. The summed E-state index contributed by atoms with van der Waals surface area (Å²) < 4.78 is 5.46. The minimum Gasteiger partial charge on any atom is -0.495 e. The number of nitrogens with zero attached hydrogens (tertiary/aromatic N) is 6. The van der Waals surface area contributed by atoms with E-state index in [0.717, 1.165) is 56.5 Å². The number of hydrogen-bond donors (Lipinski definition) is 0. The van der Waals surface area contributed by atoms with Gasteiger partial charge in [0.05, 0.1) is 12.8 Å². The van der Waals surface area contributed by atoms with Gasteiger partial charge in [-0.2, -0.15) is 0 Å². The van der Waals surface area contributed by atoms with Gasteiger partial charge >= 0.3 is 0 Å². The monoisotopic (exact) mass is 396 g/mol. The molecule has 1 amide bonds. The van der Waals surface area contributed by atoms with E-state index in [2.05, 4.69) is 38.0 Å². The van der Waals surface area contributed by atoms with E-state index in [4.69, 9.17) is 4.74 Å². The van der Waals surface area contributed by atoms with Crippen LogP contribution in [0.1, 0.15) is 10.5 Å². The maximum absolute atomic E-state index is 12.9. The molecule has 2 aromatic rings. The largest absolute Gasteiger partial charge is 0.495 e. The van der Waals surface area contributed by atoms with Gasteiger partial charge in [-0.15, -0.1) is 10.2 Å². The number of carbonyl (C=O) groups excluding carboxylic acids is 1. The Hall–Kier alpha value is -2.87. The predicted octanol–water partition coefficient (Wildman–Crippen LogP) is 1.20. The number of likely N-dealkylation sites (N-methyl/N-ethyl adjacent to an activating group) is 1. The zero-order valence-corrected chi connectivity index (χ0v) is 17.1. The van der Waals surface area contributed by atoms with Crippen molar-refractivity contribution in [1.29, 1.82) is 0 Å². The van der Waals surface area contributed by atoms with E-state index in [9.17, 15) is 4.79 Å². The summed E-state index contributed by atoms with van der Waals surface area (Å²) in [4.78, 5) is 21.5. The fourth-order valence-corrected chi connectivity index (χ4v) is 3.85. The first kappa shape index (κ1) is 19.4. The summed E-state index contributed by atoms with van der Waals surface area (Å²) in [5.74, 6) is 1.65. The number of methoxy groups -OCH3 is 1. The normalized spacial score (nSPS) is 18.1. The molecule has 1 aromatic heterocycles. The first-order valence-corrected chi connectivity index (χ1v) is 10.1. The number of benzene rings is 1. The van der Waals surface area contributed by atoms with Gasteiger partial charge in [-0.3, -0.25) is 4.79 Å². The Balaban J connectivity index is 1.36. The first-order chi connectivity index (χ1) is 14.2. The van der Waals surface area contributed by atoms with Gasteiger partial charge in [0.1, 0.15) is 5.75 Å². The van der Waals surface area contributed by atoms with Crippen molar-refractivity contribution in [3.05, 3.63) is 42.1 Å². The van der Waals surface area contributed by atoms with Crippen molar-refractivity contribution in [3.63, 3.8) is 0 Å². The second kappa shape index (κ2) is 8.65. The Kier molecular flexibility index (Phi) is 5.80. The van der Waals surface area contributed by atoms with Crippen LogP contribution < -0.4 is 14.5 Å². The Labute approximate surface area is 171 Å². The van der Waals surface area contributed by atoms with Crippen LogP contribution in [0.25, 0.3) is 0 Å². The van der Waals surface area contributed by atoms with E-state index in [1.54, 1.807) is 13.2 Å². The number of aromatic nitrogens is 2. The van der Waals surface area contributed by atoms with Crippen molar-refractivity contribution in [1.82, 2.24) is 20.0 Å². The highest BCUT2D eigenvalue weighted by atomic mass is 16.5. The van der Waals surface area contributed by atoms with Gasteiger partial charge in [0.25, 0.3) is 5.91 Å². The summed E-state index contributed by atoms with van der Waals surface area (Å²) >= 11 is 0. The fraction of sp³-hybridized carbons (Fsp3) is 0.476. The molecule has 0 aliphatic carbocycles. The second-order valence-corrected chi connectivity index (χ2v) is 7.52. The van der Waals surface area contributed by atoms with Crippen LogP contribution in [-0.2, 0) is 0 Å². The van der Waals surface area contributed by atoms with E-state index in [1.165, 1.54) is 0 Å². The highest BCUT2D eigenvalue weighted by Gasteiger charge is 2.25. The quantitative estimate of drug-likeness (QED) is 0.769. The Morgan fingerprint density at radius 1 is 0.862 bits per heavy atom. The van der Waals surface area contributed by atoms with Crippen LogP contribution >= 0.6 is 0 Å². The summed E-state index contributed by atoms with van der Waals surface area (Å²) in [7, 11) is 3.81. The molecule has 154 valence electrons. The van der Waals surface area contributed by atoms with Gasteiger partial charge in [-0.05, 0) is 31.3 Å². The molecule has 8 heteroatoms. The topological polar surface area (TPSA) is 65.0 Å². The Bertz CT molecular complexity index is 827. The molecule has 0 unspecified atom stereocenters. The van der Waals surface area contributed by atoms with Crippen LogP contribution in [0.2, 0.25) is 0 Å². The molecule has 4 rings (SSSR count). The maximum atomic E-state index is 12.9. The zero-order chi connectivity index (χ0) is 20.2. The molecule has 0 atom stereocenters. The standard InChI is InChI=1S/C21H28N6O2/c1-24-9-11-26(12-10-24)20-8-7-17(22-23-20)21(28)27-15-13-25(14-16-27)18-5-3-4-6-19(18)29-2/h3-8H,9-16H2,1-2H3. The molecule has 0 bridgehead atoms.